The first-order chi connectivity index (χ1) is 12.5. The summed E-state index contributed by atoms with van der Waals surface area (Å²) in [5.41, 5.74) is 2.04. The molecule has 2 aromatic carbocycles. The number of methoxy groups -OCH3 is 1. The third-order valence-electron chi connectivity index (χ3n) is 4.04. The molecule has 26 heavy (non-hydrogen) atoms. The zero-order valence-corrected chi connectivity index (χ0v) is 14.2. The van der Waals surface area contributed by atoms with E-state index in [1.807, 2.05) is 0 Å². The van der Waals surface area contributed by atoms with Crippen molar-refractivity contribution < 1.29 is 18.3 Å². The Morgan fingerprint density at radius 2 is 1.92 bits per heavy atom. The van der Waals surface area contributed by atoms with Crippen molar-refractivity contribution >= 4 is 5.91 Å². The van der Waals surface area contributed by atoms with E-state index in [0.29, 0.717) is 22.4 Å². The van der Waals surface area contributed by atoms with Crippen molar-refractivity contribution in [3.05, 3.63) is 71.4 Å². The van der Waals surface area contributed by atoms with Crippen LogP contribution in [0.5, 0.6) is 5.75 Å². The van der Waals surface area contributed by atoms with Crippen LogP contribution in [0.4, 0.5) is 8.78 Å². The summed E-state index contributed by atoms with van der Waals surface area (Å²) in [4.78, 5) is 12.6. The molecule has 0 saturated carbocycles. The molecule has 1 amide bonds. The molecule has 0 aliphatic heterocycles. The number of ether oxygens (including phenoxy) is 1. The third-order valence-corrected chi connectivity index (χ3v) is 4.04. The van der Waals surface area contributed by atoms with Crippen LogP contribution in [0, 0.1) is 11.6 Å². The zero-order chi connectivity index (χ0) is 18.7. The van der Waals surface area contributed by atoms with E-state index in [2.05, 4.69) is 15.5 Å². The molecule has 3 aromatic rings. The van der Waals surface area contributed by atoms with Gasteiger partial charge in [0.2, 0.25) is 0 Å². The Hall–Kier alpha value is -3.22. The number of hydrogen-bond acceptors (Lipinski definition) is 3. The predicted molar refractivity (Wildman–Crippen MR) is 92.8 cm³/mol. The van der Waals surface area contributed by atoms with Gasteiger partial charge in [0, 0.05) is 5.56 Å². The smallest absolute Gasteiger partial charge is 0.255 e. The quantitative estimate of drug-likeness (QED) is 0.729. The Kier molecular flexibility index (Phi) is 4.97. The molecular weight excluding hydrogens is 340 g/mol. The number of nitrogens with zero attached hydrogens (tertiary/aromatic N) is 1. The molecule has 0 aliphatic rings. The lowest BCUT2D eigenvalue weighted by molar-refractivity contribution is 0.0940. The lowest BCUT2D eigenvalue weighted by Gasteiger charge is -2.15. The summed E-state index contributed by atoms with van der Waals surface area (Å²) in [6.07, 6.45) is 1.40. The second-order valence-electron chi connectivity index (χ2n) is 5.75. The van der Waals surface area contributed by atoms with Crippen molar-refractivity contribution in [1.29, 1.82) is 0 Å². The van der Waals surface area contributed by atoms with Crippen molar-refractivity contribution in [2.24, 2.45) is 0 Å². The Morgan fingerprint density at radius 1 is 1.19 bits per heavy atom. The molecule has 134 valence electrons. The topological polar surface area (TPSA) is 67.0 Å². The van der Waals surface area contributed by atoms with E-state index in [0.717, 1.165) is 0 Å². The maximum absolute atomic E-state index is 13.9. The van der Waals surface area contributed by atoms with E-state index in [1.54, 1.807) is 25.1 Å². The number of halogens is 2. The normalized spacial score (nSPS) is 11.8. The van der Waals surface area contributed by atoms with Gasteiger partial charge in [-0.25, -0.2) is 8.78 Å². The number of carbonyl (C=O) groups excluding carboxylic acids is 1. The molecule has 2 N–H and O–H groups in total. The minimum atomic E-state index is -0.499. The van der Waals surface area contributed by atoms with Gasteiger partial charge in [0.25, 0.3) is 5.91 Å². The van der Waals surface area contributed by atoms with Gasteiger partial charge in [-0.2, -0.15) is 5.10 Å². The molecule has 0 radical (unpaired) electrons. The maximum Gasteiger partial charge on any atom is 0.255 e. The van der Waals surface area contributed by atoms with E-state index in [4.69, 9.17) is 4.74 Å². The average molecular weight is 357 g/mol. The Morgan fingerprint density at radius 3 is 2.58 bits per heavy atom. The zero-order valence-electron chi connectivity index (χ0n) is 14.2. The number of aromatic amines is 1. The summed E-state index contributed by atoms with van der Waals surface area (Å²) in [6.45, 7) is 1.75. The monoisotopic (exact) mass is 357 g/mol. The summed E-state index contributed by atoms with van der Waals surface area (Å²) in [5.74, 6) is -1.10. The molecule has 1 atom stereocenters. The second kappa shape index (κ2) is 7.35. The highest BCUT2D eigenvalue weighted by Crippen LogP contribution is 2.24. The van der Waals surface area contributed by atoms with E-state index in [-0.39, 0.29) is 17.5 Å². The molecule has 1 unspecified atom stereocenters. The number of nitrogens with one attached hydrogen (secondary N) is 2. The van der Waals surface area contributed by atoms with Gasteiger partial charge >= 0.3 is 0 Å². The van der Waals surface area contributed by atoms with E-state index < -0.39 is 11.9 Å². The van der Waals surface area contributed by atoms with Gasteiger partial charge in [0.1, 0.15) is 5.82 Å². The van der Waals surface area contributed by atoms with Crippen molar-refractivity contribution in [2.75, 3.05) is 7.11 Å². The van der Waals surface area contributed by atoms with E-state index in [1.165, 1.54) is 37.6 Å². The second-order valence-corrected chi connectivity index (χ2v) is 5.75. The predicted octanol–water partition coefficient (Wildman–Crippen LogP) is 3.85. The number of benzene rings is 2. The van der Waals surface area contributed by atoms with Crippen LogP contribution in [0.15, 0.2) is 48.7 Å². The largest absolute Gasteiger partial charge is 0.494 e. The van der Waals surface area contributed by atoms with E-state index in [9.17, 15) is 13.6 Å². The molecule has 0 bridgehead atoms. The molecule has 7 heteroatoms. The number of aromatic nitrogens is 2. The Labute approximate surface area is 149 Å². The molecule has 0 saturated heterocycles. The van der Waals surface area contributed by atoms with Gasteiger partial charge in [-0.15, -0.1) is 0 Å². The summed E-state index contributed by atoms with van der Waals surface area (Å²) >= 11 is 0. The Bertz CT molecular complexity index is 923. The Balaban J connectivity index is 1.79. The number of hydrogen-bond donors (Lipinski definition) is 2. The summed E-state index contributed by atoms with van der Waals surface area (Å²) in [7, 11) is 1.39. The maximum atomic E-state index is 13.9. The first-order valence-electron chi connectivity index (χ1n) is 7.93. The van der Waals surface area contributed by atoms with Crippen molar-refractivity contribution in [3.8, 4) is 17.0 Å². The van der Waals surface area contributed by atoms with Crippen molar-refractivity contribution in [3.63, 3.8) is 0 Å². The SMILES string of the molecule is COc1ccc(C(C)NC(=O)c2cn[nH]c2-c2ccc(F)cc2)cc1F. The van der Waals surface area contributed by atoms with Gasteiger partial charge in [-0.3, -0.25) is 9.89 Å². The summed E-state index contributed by atoms with van der Waals surface area (Å²) < 4.78 is 31.8. The van der Waals surface area contributed by atoms with Crippen molar-refractivity contribution in [2.45, 2.75) is 13.0 Å². The first-order valence-corrected chi connectivity index (χ1v) is 7.93. The number of H-pyrrole nitrogens is 1. The van der Waals surface area contributed by atoms with Crippen LogP contribution in [0.3, 0.4) is 0 Å². The average Bonchev–Trinajstić information content (AvgIpc) is 3.12. The van der Waals surface area contributed by atoms with Crippen LogP contribution in [-0.2, 0) is 0 Å². The van der Waals surface area contributed by atoms with Gasteiger partial charge in [-0.1, -0.05) is 6.07 Å². The van der Waals surface area contributed by atoms with Crippen LogP contribution in [0.25, 0.3) is 11.3 Å². The molecule has 1 heterocycles. The fourth-order valence-electron chi connectivity index (χ4n) is 2.60. The fourth-order valence-corrected chi connectivity index (χ4v) is 2.60. The first kappa shape index (κ1) is 17.6. The van der Waals surface area contributed by atoms with Crippen LogP contribution in [0.2, 0.25) is 0 Å². The number of carbonyl (C=O) groups is 1. The minimum Gasteiger partial charge on any atom is -0.494 e. The lowest BCUT2D eigenvalue weighted by atomic mass is 10.1. The van der Waals surface area contributed by atoms with E-state index >= 15 is 0 Å². The lowest BCUT2D eigenvalue weighted by Crippen LogP contribution is -2.26. The van der Waals surface area contributed by atoms with Gasteiger partial charge in [0.15, 0.2) is 11.6 Å². The third kappa shape index (κ3) is 3.56. The van der Waals surface area contributed by atoms with Crippen LogP contribution in [-0.4, -0.2) is 23.2 Å². The molecule has 0 fully saturated rings. The molecular formula is C19H17F2N3O2. The summed E-state index contributed by atoms with van der Waals surface area (Å²) in [5, 5.41) is 9.46. The number of rotatable bonds is 5. The molecule has 0 spiro atoms. The van der Waals surface area contributed by atoms with Gasteiger partial charge < -0.3 is 10.1 Å². The highest BCUT2D eigenvalue weighted by Gasteiger charge is 2.18. The fraction of sp³-hybridized carbons (Fsp3) is 0.158. The highest BCUT2D eigenvalue weighted by atomic mass is 19.1. The van der Waals surface area contributed by atoms with Gasteiger partial charge in [0.05, 0.1) is 30.6 Å². The molecule has 3 rings (SSSR count). The summed E-state index contributed by atoms with van der Waals surface area (Å²) in [6, 6.07) is 9.81. The van der Waals surface area contributed by atoms with Crippen LogP contribution >= 0.6 is 0 Å². The van der Waals surface area contributed by atoms with Crippen LogP contribution < -0.4 is 10.1 Å². The van der Waals surface area contributed by atoms with Gasteiger partial charge in [-0.05, 0) is 48.9 Å². The number of amides is 1. The van der Waals surface area contributed by atoms with Crippen LogP contribution in [0.1, 0.15) is 28.9 Å². The molecule has 5 nitrogen and oxygen atoms in total. The minimum absolute atomic E-state index is 0.140. The molecule has 1 aromatic heterocycles. The molecule has 0 aliphatic carbocycles. The van der Waals surface area contributed by atoms with Crippen molar-refractivity contribution in [1.82, 2.24) is 15.5 Å². The standard InChI is InChI=1S/C19H17F2N3O2/c1-11(13-5-8-17(26-2)16(21)9-13)23-19(25)15-10-22-24-18(15)12-3-6-14(20)7-4-12/h3-11H,1-2H3,(H,22,24)(H,23,25). The highest BCUT2D eigenvalue weighted by molar-refractivity contribution is 5.99.